The highest BCUT2D eigenvalue weighted by atomic mass is 16.5. The molecule has 2 N–H and O–H groups in total. The van der Waals surface area contributed by atoms with Crippen LogP contribution in [0, 0.1) is 0 Å². The van der Waals surface area contributed by atoms with Crippen LogP contribution >= 0.6 is 0 Å². The van der Waals surface area contributed by atoms with Crippen LogP contribution < -0.4 is 20.4 Å². The Morgan fingerprint density at radius 2 is 2.00 bits per heavy atom. The molecule has 0 saturated heterocycles. The first-order chi connectivity index (χ1) is 16.4. The molecule has 180 valence electrons. The molecule has 9 nitrogen and oxygen atoms in total. The summed E-state index contributed by atoms with van der Waals surface area (Å²) in [5.74, 6) is 1.60. The molecule has 0 fully saturated rings. The largest absolute Gasteiger partial charge is 0.382 e. The summed E-state index contributed by atoms with van der Waals surface area (Å²) >= 11 is 0. The Bertz CT molecular complexity index is 1070. The molecule has 1 aromatic heterocycles. The molecule has 0 radical (unpaired) electrons. The van der Waals surface area contributed by atoms with Crippen LogP contribution in [0.25, 0.3) is 0 Å². The molecule has 34 heavy (non-hydrogen) atoms. The lowest BCUT2D eigenvalue weighted by Crippen LogP contribution is -2.41. The third-order valence-corrected chi connectivity index (χ3v) is 5.63. The number of hydrogen-bond acceptors (Lipinski definition) is 6. The zero-order valence-corrected chi connectivity index (χ0v) is 20.2. The smallest absolute Gasteiger partial charge is 0.227 e. The maximum Gasteiger partial charge on any atom is 0.227 e. The minimum absolute atomic E-state index is 0.0328. The third kappa shape index (κ3) is 5.43. The molecule has 2 amide bonds. The number of aliphatic imine (C=N–C) groups is 1. The van der Waals surface area contributed by atoms with E-state index in [1.54, 1.807) is 32.2 Å². The van der Waals surface area contributed by atoms with Crippen molar-refractivity contribution in [2.75, 3.05) is 49.5 Å². The Labute approximate surface area is 200 Å². The second kappa shape index (κ2) is 11.4. The van der Waals surface area contributed by atoms with Crippen LogP contribution in [-0.4, -0.2) is 57.0 Å². The Morgan fingerprint density at radius 1 is 1.26 bits per heavy atom. The molecular weight excluding hydrogens is 432 g/mol. The monoisotopic (exact) mass is 464 g/mol. The number of hydrogen-bond donors (Lipinski definition) is 2. The van der Waals surface area contributed by atoms with Crippen molar-refractivity contribution >= 4 is 35.0 Å². The average Bonchev–Trinajstić information content (AvgIpc) is 2.87. The number of methoxy groups -OCH3 is 1. The molecule has 1 aliphatic heterocycles. The molecule has 0 bridgehead atoms. The van der Waals surface area contributed by atoms with Gasteiger partial charge in [0.25, 0.3) is 0 Å². The highest BCUT2D eigenvalue weighted by molar-refractivity contribution is 6.14. The number of nitrogens with one attached hydrogen (secondary N) is 2. The molecular formula is C25H32N6O3. The van der Waals surface area contributed by atoms with Gasteiger partial charge in [-0.15, -0.1) is 0 Å². The lowest BCUT2D eigenvalue weighted by molar-refractivity contribution is -0.120. The summed E-state index contributed by atoms with van der Waals surface area (Å²) in [6, 6.07) is 13.4. The van der Waals surface area contributed by atoms with Crippen molar-refractivity contribution < 1.29 is 14.3 Å². The topological polar surface area (TPSA) is 99.2 Å². The Kier molecular flexibility index (Phi) is 8.37. The molecule has 9 heteroatoms. The number of pyridine rings is 1. The second-order valence-electron chi connectivity index (χ2n) is 7.82. The van der Waals surface area contributed by atoms with E-state index in [1.165, 1.54) is 0 Å². The van der Waals surface area contributed by atoms with Crippen LogP contribution in [0.1, 0.15) is 31.4 Å². The SMILES string of the molecule is C=C1C(=NCCC(=O)NC)Nc2ccc(N(C)C(=O)CC)nc2N1C(COC)c1ccccc1. The number of aromatic nitrogens is 1. The fourth-order valence-electron chi connectivity index (χ4n) is 3.73. The molecule has 1 aromatic carbocycles. The van der Waals surface area contributed by atoms with Crippen molar-refractivity contribution in [1.29, 1.82) is 0 Å². The summed E-state index contributed by atoms with van der Waals surface area (Å²) in [5.41, 5.74) is 2.35. The predicted molar refractivity (Wildman–Crippen MR) is 135 cm³/mol. The zero-order valence-electron chi connectivity index (χ0n) is 20.2. The van der Waals surface area contributed by atoms with E-state index in [1.807, 2.05) is 48.2 Å². The van der Waals surface area contributed by atoms with Crippen LogP contribution in [0.2, 0.25) is 0 Å². The van der Waals surface area contributed by atoms with Crippen molar-refractivity contribution in [3.8, 4) is 0 Å². The third-order valence-electron chi connectivity index (χ3n) is 5.63. The van der Waals surface area contributed by atoms with Crippen molar-refractivity contribution in [3.05, 3.63) is 60.3 Å². The maximum absolute atomic E-state index is 12.3. The highest BCUT2D eigenvalue weighted by Gasteiger charge is 2.33. The number of anilines is 3. The van der Waals surface area contributed by atoms with E-state index in [-0.39, 0.29) is 24.3 Å². The molecule has 1 unspecified atom stereocenters. The van der Waals surface area contributed by atoms with Crippen molar-refractivity contribution in [3.63, 3.8) is 0 Å². The van der Waals surface area contributed by atoms with E-state index in [9.17, 15) is 9.59 Å². The molecule has 0 saturated carbocycles. The summed E-state index contributed by atoms with van der Waals surface area (Å²) < 4.78 is 5.58. The normalized spacial score (nSPS) is 14.9. The van der Waals surface area contributed by atoms with Gasteiger partial charge in [0.05, 0.1) is 30.6 Å². The van der Waals surface area contributed by atoms with Crippen LogP contribution in [-0.2, 0) is 14.3 Å². The number of benzene rings is 1. The molecule has 1 atom stereocenters. The van der Waals surface area contributed by atoms with Gasteiger partial charge in [0.1, 0.15) is 11.7 Å². The number of amides is 2. The summed E-state index contributed by atoms with van der Waals surface area (Å²) in [5, 5.41) is 5.90. The van der Waals surface area contributed by atoms with Gasteiger partial charge < -0.3 is 20.3 Å². The van der Waals surface area contributed by atoms with E-state index in [0.29, 0.717) is 42.7 Å². The standard InChI is InChI=1S/C25H32N6O3/c1-6-23(33)30(4)21-13-12-19-25(29-21)31(20(16-34-5)18-10-8-7-9-11-18)17(2)24(28-19)27-15-14-22(32)26-3/h7-13,20H,2,6,14-16H2,1,3-5H3,(H,26,32)(H,27,28). The Balaban J connectivity index is 2.09. The van der Waals surface area contributed by atoms with Crippen molar-refractivity contribution in [2.45, 2.75) is 25.8 Å². The maximum atomic E-state index is 12.3. The summed E-state index contributed by atoms with van der Waals surface area (Å²) in [6.07, 6.45) is 0.644. The zero-order chi connectivity index (χ0) is 24.7. The number of ether oxygens (including phenoxy) is 1. The first-order valence-corrected chi connectivity index (χ1v) is 11.2. The molecule has 2 heterocycles. The van der Waals surface area contributed by atoms with Gasteiger partial charge in [-0.25, -0.2) is 4.98 Å². The van der Waals surface area contributed by atoms with Crippen LogP contribution in [0.4, 0.5) is 17.3 Å². The van der Waals surface area contributed by atoms with Gasteiger partial charge in [-0.1, -0.05) is 43.8 Å². The number of fused-ring (bicyclic) bond motifs is 1. The van der Waals surface area contributed by atoms with Gasteiger partial charge in [0.2, 0.25) is 11.8 Å². The van der Waals surface area contributed by atoms with Gasteiger partial charge >= 0.3 is 0 Å². The molecule has 2 aromatic rings. The van der Waals surface area contributed by atoms with E-state index < -0.39 is 0 Å². The number of carbonyl (C=O) groups is 2. The Hall–Kier alpha value is -3.72. The van der Waals surface area contributed by atoms with Crippen LogP contribution in [0.3, 0.4) is 0 Å². The van der Waals surface area contributed by atoms with Gasteiger partial charge in [-0.3, -0.25) is 19.5 Å². The summed E-state index contributed by atoms with van der Waals surface area (Å²) in [6.45, 7) is 6.81. The second-order valence-corrected chi connectivity index (χ2v) is 7.82. The summed E-state index contributed by atoms with van der Waals surface area (Å²) in [7, 11) is 4.97. The minimum Gasteiger partial charge on any atom is -0.382 e. The minimum atomic E-state index is -0.237. The van der Waals surface area contributed by atoms with Gasteiger partial charge in [0, 0.05) is 34.0 Å². The quantitative estimate of drug-likeness (QED) is 0.592. The molecule has 1 aliphatic rings. The van der Waals surface area contributed by atoms with Gasteiger partial charge in [-0.05, 0) is 17.7 Å². The fourth-order valence-corrected chi connectivity index (χ4v) is 3.73. The average molecular weight is 465 g/mol. The van der Waals surface area contributed by atoms with E-state index in [2.05, 4.69) is 22.2 Å². The van der Waals surface area contributed by atoms with E-state index in [4.69, 9.17) is 9.72 Å². The predicted octanol–water partition coefficient (Wildman–Crippen LogP) is 3.12. The molecule has 0 spiro atoms. The Morgan fingerprint density at radius 3 is 2.65 bits per heavy atom. The number of carbonyl (C=O) groups excluding carboxylic acids is 2. The van der Waals surface area contributed by atoms with Crippen molar-refractivity contribution in [1.82, 2.24) is 10.3 Å². The molecule has 3 rings (SSSR count). The lowest BCUT2D eigenvalue weighted by atomic mass is 10.0. The number of nitrogens with zero attached hydrogens (tertiary/aromatic N) is 4. The van der Waals surface area contributed by atoms with Gasteiger partial charge in [-0.2, -0.15) is 0 Å². The van der Waals surface area contributed by atoms with E-state index in [0.717, 1.165) is 11.3 Å². The van der Waals surface area contributed by atoms with Gasteiger partial charge in [0.15, 0.2) is 5.82 Å². The first-order valence-electron chi connectivity index (χ1n) is 11.2. The number of rotatable bonds is 9. The fraction of sp³-hybridized carbons (Fsp3) is 0.360. The van der Waals surface area contributed by atoms with Crippen LogP contribution in [0.5, 0.6) is 0 Å². The summed E-state index contributed by atoms with van der Waals surface area (Å²) in [4.78, 5) is 36.9. The number of amidine groups is 1. The first kappa shape index (κ1) is 24.9. The lowest BCUT2D eigenvalue weighted by Gasteiger charge is -2.39. The van der Waals surface area contributed by atoms with Crippen LogP contribution in [0.15, 0.2) is 59.7 Å². The molecule has 0 aliphatic carbocycles. The van der Waals surface area contributed by atoms with Crippen molar-refractivity contribution in [2.24, 2.45) is 4.99 Å². The van der Waals surface area contributed by atoms with E-state index >= 15 is 0 Å². The highest BCUT2D eigenvalue weighted by Crippen LogP contribution is 2.39.